The number of fused-ring (bicyclic) bond motifs is 4. The molecule has 9 nitrogen and oxygen atoms in total. The Bertz CT molecular complexity index is 1830. The van der Waals surface area contributed by atoms with E-state index in [1.165, 1.54) is 16.0 Å². The standard InChI is InChI=1S/C39H49ClF2N4O5S/c1-25-5-3-7-34(50-2)31-11-8-29(31)21-46-23-39(16-4-6-27-19-30(40)10-12-32(27)39)24-51-35-13-9-28(20-33(35)46)37(47)43-52(49,22-25)44-38(48)45-17-14-26(15-18-45)36(41)42/h3,7,9-10,12-13,19-20,25-26,29,31,34,36H,4-6,8,11,14-18,21-24H2,1-2H3,(H,43,44,47,48,49)/b7-3-/t25-,29-,31+,34-,39-,52?/m0/s1. The summed E-state index contributed by atoms with van der Waals surface area (Å²) in [6.45, 7) is 4.05. The number of urea groups is 1. The van der Waals surface area contributed by atoms with Gasteiger partial charge < -0.3 is 19.3 Å². The Balaban J connectivity index is 1.25. The molecule has 1 spiro atoms. The van der Waals surface area contributed by atoms with Crippen molar-refractivity contribution >= 4 is 39.1 Å². The van der Waals surface area contributed by atoms with Gasteiger partial charge in [0.1, 0.15) is 15.7 Å². The number of carbonyl (C=O) groups excluding carboxylic acids is 2. The summed E-state index contributed by atoms with van der Waals surface area (Å²) in [5.74, 6) is -0.391. The first kappa shape index (κ1) is 37.1. The molecule has 6 atom stereocenters. The molecule has 2 bridgehead atoms. The van der Waals surface area contributed by atoms with Crippen LogP contribution in [-0.4, -0.2) is 79.2 Å². The zero-order chi connectivity index (χ0) is 36.6. The number of anilines is 1. The number of nitrogens with zero attached hydrogens (tertiary/aromatic N) is 3. The van der Waals surface area contributed by atoms with Gasteiger partial charge in [0, 0.05) is 55.2 Å². The Morgan fingerprint density at radius 1 is 1.15 bits per heavy atom. The third-order valence-electron chi connectivity index (χ3n) is 11.9. The minimum atomic E-state index is -3.61. The summed E-state index contributed by atoms with van der Waals surface area (Å²) >= 11 is 6.45. The highest BCUT2D eigenvalue weighted by atomic mass is 35.5. The van der Waals surface area contributed by atoms with Crippen molar-refractivity contribution in [3.05, 3.63) is 70.3 Å². The summed E-state index contributed by atoms with van der Waals surface area (Å²) in [4.78, 5) is 31.1. The van der Waals surface area contributed by atoms with E-state index in [0.29, 0.717) is 37.2 Å². The fourth-order valence-corrected chi connectivity index (χ4v) is 11.0. The van der Waals surface area contributed by atoms with Gasteiger partial charge in [-0.05, 0) is 111 Å². The van der Waals surface area contributed by atoms with Gasteiger partial charge in [0.05, 0.1) is 24.2 Å². The molecule has 1 saturated carbocycles. The van der Waals surface area contributed by atoms with Crippen LogP contribution in [0.15, 0.2) is 52.9 Å². The van der Waals surface area contributed by atoms with Gasteiger partial charge in [-0.15, -0.1) is 4.36 Å². The molecular formula is C39H49ClF2N4O5S. The number of aryl methyl sites for hydroxylation is 1. The van der Waals surface area contributed by atoms with Gasteiger partial charge in [-0.2, -0.15) is 0 Å². The van der Waals surface area contributed by atoms with E-state index in [9.17, 15) is 22.6 Å². The second-order valence-electron chi connectivity index (χ2n) is 15.5. The van der Waals surface area contributed by atoms with E-state index in [1.807, 2.05) is 19.1 Å². The maximum Gasteiger partial charge on any atom is 0.329 e. The van der Waals surface area contributed by atoms with E-state index < -0.39 is 34.2 Å². The Morgan fingerprint density at radius 3 is 2.69 bits per heavy atom. The van der Waals surface area contributed by atoms with Crippen LogP contribution in [0.3, 0.4) is 0 Å². The number of benzene rings is 2. The number of rotatable bonds is 3. The lowest BCUT2D eigenvalue weighted by atomic mass is 9.68. The van der Waals surface area contributed by atoms with Crippen LogP contribution in [-0.2, 0) is 26.5 Å². The number of nitrogens with one attached hydrogen (secondary N) is 1. The molecule has 5 aliphatic rings. The molecule has 0 radical (unpaired) electrons. The third-order valence-corrected chi connectivity index (χ3v) is 14.2. The van der Waals surface area contributed by atoms with Crippen LogP contribution >= 0.6 is 11.6 Å². The normalized spacial score (nSPS) is 31.8. The number of likely N-dealkylation sites (tertiary alicyclic amines) is 1. The van der Waals surface area contributed by atoms with Crippen LogP contribution in [0.4, 0.5) is 19.3 Å². The van der Waals surface area contributed by atoms with Crippen LogP contribution in [0.1, 0.15) is 73.4 Å². The Morgan fingerprint density at radius 2 is 1.96 bits per heavy atom. The first-order chi connectivity index (χ1) is 25.0. The highest BCUT2D eigenvalue weighted by Crippen LogP contribution is 2.47. The smallest absolute Gasteiger partial charge is 0.329 e. The predicted octanol–water partition coefficient (Wildman–Crippen LogP) is 7.66. The number of hydrogen-bond donors (Lipinski definition) is 1. The zero-order valence-corrected chi connectivity index (χ0v) is 31.5. The number of methoxy groups -OCH3 is 1. The zero-order valence-electron chi connectivity index (χ0n) is 29.9. The van der Waals surface area contributed by atoms with E-state index in [0.717, 1.165) is 49.4 Å². The van der Waals surface area contributed by atoms with E-state index >= 15 is 0 Å². The minimum absolute atomic E-state index is 0.0574. The average Bonchev–Trinajstić information content (AvgIpc) is 3.25. The summed E-state index contributed by atoms with van der Waals surface area (Å²) < 4.78 is 60.6. The molecule has 3 aliphatic heterocycles. The van der Waals surface area contributed by atoms with Crippen molar-refractivity contribution in [1.29, 1.82) is 0 Å². The fourth-order valence-electron chi connectivity index (χ4n) is 8.92. The van der Waals surface area contributed by atoms with E-state index in [1.54, 1.807) is 25.3 Å². The highest BCUT2D eigenvalue weighted by molar-refractivity contribution is 7.92. The number of alkyl halides is 2. The van der Waals surface area contributed by atoms with Crippen molar-refractivity contribution in [3.8, 4) is 5.75 Å². The summed E-state index contributed by atoms with van der Waals surface area (Å²) in [6.07, 6.45) is 7.46. The summed E-state index contributed by atoms with van der Waals surface area (Å²) in [6, 6.07) is 10.7. The molecule has 1 unspecified atom stereocenters. The maximum atomic E-state index is 14.5. The van der Waals surface area contributed by atoms with Crippen LogP contribution in [0, 0.1) is 23.7 Å². The van der Waals surface area contributed by atoms with Crippen LogP contribution in [0.25, 0.3) is 0 Å². The number of carbonyl (C=O) groups is 2. The third kappa shape index (κ3) is 7.71. The Labute approximate surface area is 310 Å². The molecule has 1 N–H and O–H groups in total. The molecule has 0 aromatic heterocycles. The molecule has 282 valence electrons. The summed E-state index contributed by atoms with van der Waals surface area (Å²) in [5.41, 5.74) is 3.24. The molecule has 52 heavy (non-hydrogen) atoms. The van der Waals surface area contributed by atoms with Crippen molar-refractivity contribution in [2.45, 2.75) is 76.2 Å². The molecule has 3 heterocycles. The number of ether oxygens (including phenoxy) is 2. The second-order valence-corrected chi connectivity index (χ2v) is 18.0. The van der Waals surface area contributed by atoms with Crippen LogP contribution < -0.4 is 14.4 Å². The molecule has 2 fully saturated rings. The molecule has 1 saturated heterocycles. The first-order valence-corrected chi connectivity index (χ1v) is 20.7. The van der Waals surface area contributed by atoms with Gasteiger partial charge in [-0.25, -0.2) is 17.8 Å². The summed E-state index contributed by atoms with van der Waals surface area (Å²) in [5, 5.41) is 0.722. The van der Waals surface area contributed by atoms with Crippen molar-refractivity contribution in [3.63, 3.8) is 0 Å². The predicted molar refractivity (Wildman–Crippen MR) is 199 cm³/mol. The van der Waals surface area contributed by atoms with E-state index in [4.69, 9.17) is 21.1 Å². The lowest BCUT2D eigenvalue weighted by Crippen LogP contribution is -2.49. The molecule has 3 amide bonds. The monoisotopic (exact) mass is 758 g/mol. The molecule has 2 aliphatic carbocycles. The lowest BCUT2D eigenvalue weighted by molar-refractivity contribution is 0.0131. The number of amides is 3. The van der Waals surface area contributed by atoms with Crippen LogP contribution in [0.5, 0.6) is 5.75 Å². The molecule has 7 rings (SSSR count). The largest absolute Gasteiger partial charge is 0.490 e. The number of piperidine rings is 1. The average molecular weight is 759 g/mol. The van der Waals surface area contributed by atoms with Crippen molar-refractivity contribution in [1.82, 2.24) is 9.62 Å². The van der Waals surface area contributed by atoms with Crippen molar-refractivity contribution in [2.75, 3.05) is 50.5 Å². The van der Waals surface area contributed by atoms with Gasteiger partial charge in [0.15, 0.2) is 0 Å². The molecule has 13 heteroatoms. The number of hydrogen-bond acceptors (Lipinski definition) is 6. The van der Waals surface area contributed by atoms with E-state index in [-0.39, 0.29) is 54.7 Å². The van der Waals surface area contributed by atoms with Gasteiger partial charge in [-0.1, -0.05) is 36.7 Å². The first-order valence-electron chi connectivity index (χ1n) is 18.6. The number of halogens is 3. The minimum Gasteiger partial charge on any atom is -0.490 e. The fraction of sp³-hybridized carbons (Fsp3) is 0.590. The summed E-state index contributed by atoms with van der Waals surface area (Å²) in [7, 11) is -1.87. The van der Waals surface area contributed by atoms with Gasteiger partial charge in [-0.3, -0.25) is 9.52 Å². The lowest BCUT2D eigenvalue weighted by Gasteiger charge is -2.46. The van der Waals surface area contributed by atoms with Crippen molar-refractivity contribution < 1.29 is 32.1 Å². The van der Waals surface area contributed by atoms with Gasteiger partial charge in [0.2, 0.25) is 6.43 Å². The molecular weight excluding hydrogens is 710 g/mol. The quantitative estimate of drug-likeness (QED) is 0.323. The van der Waals surface area contributed by atoms with Crippen molar-refractivity contribution in [2.24, 2.45) is 28.0 Å². The molecule has 2 aromatic carbocycles. The van der Waals surface area contributed by atoms with Gasteiger partial charge >= 0.3 is 6.03 Å². The Hall–Kier alpha value is -3.22. The van der Waals surface area contributed by atoms with E-state index in [2.05, 4.69) is 32.2 Å². The Kier molecular flexibility index (Phi) is 10.9. The highest BCUT2D eigenvalue weighted by Gasteiger charge is 2.44. The molecule has 2 aromatic rings. The topological polar surface area (TPSA) is 101 Å². The van der Waals surface area contributed by atoms with Crippen LogP contribution in [0.2, 0.25) is 5.02 Å². The SMILES string of the molecule is CO[C@H]1/C=C\C[C@H](C)CS(=O)(NC(=O)N2CCC(C(F)F)CC2)=NC(=O)c2ccc3c(c2)N(C[C@@H]2CC[C@H]21)C[C@@]1(CCCc2cc(Cl)ccc21)CO3. The van der Waals surface area contributed by atoms with Gasteiger partial charge in [0.25, 0.3) is 5.91 Å². The maximum absolute atomic E-state index is 14.5. The number of allylic oxidation sites excluding steroid dienone is 1. The second kappa shape index (κ2) is 15.3.